The molecule has 1 amide bonds. The van der Waals surface area contributed by atoms with Crippen LogP contribution >= 0.6 is 23.1 Å². The molecule has 1 heterocycles. The average molecular weight is 312 g/mol. The molecule has 0 aromatic carbocycles. The molecule has 0 aliphatic heterocycles. The molecule has 5 nitrogen and oxygen atoms in total. The fraction of sp³-hybridized carbons (Fsp3) is 0.462. The molecule has 1 aromatic rings. The fourth-order valence-corrected chi connectivity index (χ4v) is 3.33. The Morgan fingerprint density at radius 3 is 2.70 bits per heavy atom. The van der Waals surface area contributed by atoms with Crippen LogP contribution in [0, 0.1) is 25.2 Å². The quantitative estimate of drug-likeness (QED) is 0.843. The first-order valence-electron chi connectivity index (χ1n) is 5.98. The highest BCUT2D eigenvalue weighted by atomic mass is 32.2. The van der Waals surface area contributed by atoms with E-state index < -0.39 is 5.97 Å². The molecule has 0 bridgehead atoms. The van der Waals surface area contributed by atoms with Crippen LogP contribution in [0.5, 0.6) is 0 Å². The van der Waals surface area contributed by atoms with E-state index in [4.69, 9.17) is 10.4 Å². The number of nitriles is 1. The van der Waals surface area contributed by atoms with Gasteiger partial charge in [-0.05, 0) is 19.4 Å². The first-order valence-corrected chi connectivity index (χ1v) is 7.85. The molecule has 0 saturated carbocycles. The highest BCUT2D eigenvalue weighted by Crippen LogP contribution is 2.31. The Kier molecular flexibility index (Phi) is 6.05. The van der Waals surface area contributed by atoms with E-state index in [-0.39, 0.29) is 23.3 Å². The van der Waals surface area contributed by atoms with Crippen molar-refractivity contribution in [2.24, 2.45) is 0 Å². The molecule has 7 heteroatoms. The van der Waals surface area contributed by atoms with Crippen LogP contribution in [0.3, 0.4) is 0 Å². The number of carboxylic acid groups (broad SMARTS) is 1. The minimum Gasteiger partial charge on any atom is -0.481 e. The van der Waals surface area contributed by atoms with Gasteiger partial charge in [0, 0.05) is 10.1 Å². The number of thiophene rings is 1. The highest BCUT2D eigenvalue weighted by Gasteiger charge is 2.16. The number of aliphatic carboxylic acids is 1. The lowest BCUT2D eigenvalue weighted by atomic mass is 10.2. The Morgan fingerprint density at radius 2 is 2.15 bits per heavy atom. The number of thioether (sulfide) groups is 1. The van der Waals surface area contributed by atoms with Crippen LogP contribution in [0.2, 0.25) is 0 Å². The Bertz CT molecular complexity index is 561. The van der Waals surface area contributed by atoms with Crippen molar-refractivity contribution in [3.05, 3.63) is 16.0 Å². The van der Waals surface area contributed by atoms with E-state index in [1.807, 2.05) is 13.8 Å². The van der Waals surface area contributed by atoms with Gasteiger partial charge in [-0.25, -0.2) is 0 Å². The van der Waals surface area contributed by atoms with Gasteiger partial charge in [0.2, 0.25) is 5.91 Å². The van der Waals surface area contributed by atoms with Gasteiger partial charge in [-0.3, -0.25) is 9.59 Å². The molecule has 1 aromatic heterocycles. The first kappa shape index (κ1) is 16.5. The Hall–Kier alpha value is -1.52. The number of hydrogen-bond acceptors (Lipinski definition) is 5. The number of carboxylic acids is 1. The summed E-state index contributed by atoms with van der Waals surface area (Å²) in [6.45, 7) is 5.52. The van der Waals surface area contributed by atoms with Gasteiger partial charge >= 0.3 is 5.97 Å². The van der Waals surface area contributed by atoms with Gasteiger partial charge in [0.25, 0.3) is 0 Å². The first-order chi connectivity index (χ1) is 9.35. The summed E-state index contributed by atoms with van der Waals surface area (Å²) >= 11 is 2.67. The van der Waals surface area contributed by atoms with E-state index in [9.17, 15) is 9.59 Å². The van der Waals surface area contributed by atoms with Gasteiger partial charge in [-0.1, -0.05) is 6.92 Å². The topological polar surface area (TPSA) is 90.2 Å². The van der Waals surface area contributed by atoms with Gasteiger partial charge in [0.1, 0.15) is 11.1 Å². The van der Waals surface area contributed by atoms with Crippen molar-refractivity contribution in [2.75, 3.05) is 11.1 Å². The van der Waals surface area contributed by atoms with Crippen LogP contribution in [0.25, 0.3) is 0 Å². The fourth-order valence-electron chi connectivity index (χ4n) is 1.54. The van der Waals surface area contributed by atoms with E-state index in [1.54, 1.807) is 6.92 Å². The van der Waals surface area contributed by atoms with Crippen LogP contribution in [-0.2, 0) is 9.59 Å². The summed E-state index contributed by atoms with van der Waals surface area (Å²) in [5.41, 5.74) is 1.39. The van der Waals surface area contributed by atoms with E-state index in [2.05, 4.69) is 11.4 Å². The minimum absolute atomic E-state index is 0.0264. The summed E-state index contributed by atoms with van der Waals surface area (Å²) in [7, 11) is 0. The summed E-state index contributed by atoms with van der Waals surface area (Å²) in [6.07, 6.45) is 0.0264. The zero-order valence-electron chi connectivity index (χ0n) is 11.5. The highest BCUT2D eigenvalue weighted by molar-refractivity contribution is 8.00. The molecule has 1 unspecified atom stereocenters. The number of amides is 1. The molecule has 0 aliphatic carbocycles. The maximum atomic E-state index is 11.8. The van der Waals surface area contributed by atoms with Gasteiger partial charge in [-0.15, -0.1) is 23.1 Å². The summed E-state index contributed by atoms with van der Waals surface area (Å²) in [4.78, 5) is 23.3. The number of nitrogens with zero attached hydrogens (tertiary/aromatic N) is 1. The van der Waals surface area contributed by atoms with Crippen molar-refractivity contribution in [1.29, 1.82) is 5.26 Å². The molecule has 0 spiro atoms. The van der Waals surface area contributed by atoms with Crippen molar-refractivity contribution in [3.8, 4) is 6.07 Å². The third kappa shape index (κ3) is 4.54. The minimum atomic E-state index is -0.873. The molecule has 0 radical (unpaired) electrons. The molecule has 1 atom stereocenters. The molecular weight excluding hydrogens is 296 g/mol. The maximum Gasteiger partial charge on any atom is 0.304 e. The molecule has 0 saturated heterocycles. The van der Waals surface area contributed by atoms with Gasteiger partial charge in [-0.2, -0.15) is 5.26 Å². The van der Waals surface area contributed by atoms with Crippen molar-refractivity contribution in [2.45, 2.75) is 32.4 Å². The number of rotatable bonds is 6. The summed E-state index contributed by atoms with van der Waals surface area (Å²) < 4.78 is 0. The van der Waals surface area contributed by atoms with Crippen molar-refractivity contribution in [3.63, 3.8) is 0 Å². The predicted octanol–water partition coefficient (Wildman–Crippen LogP) is 2.77. The van der Waals surface area contributed by atoms with Gasteiger partial charge in [0.05, 0.1) is 17.7 Å². The van der Waals surface area contributed by atoms with Crippen molar-refractivity contribution >= 4 is 40.0 Å². The molecule has 108 valence electrons. The summed E-state index contributed by atoms with van der Waals surface area (Å²) in [5.74, 6) is -0.915. The zero-order valence-corrected chi connectivity index (χ0v) is 13.2. The second kappa shape index (κ2) is 7.31. The Labute approximate surface area is 126 Å². The molecule has 2 N–H and O–H groups in total. The standard InChI is InChI=1S/C13H16N2O3S2/c1-7(4-12(17)18)19-6-11(16)15-13-10(5-14)8(2)9(3)20-13/h7H,4,6H2,1-3H3,(H,15,16)(H,17,18). The lowest BCUT2D eigenvalue weighted by Crippen LogP contribution is -2.16. The lowest BCUT2D eigenvalue weighted by molar-refractivity contribution is -0.136. The molecule has 0 aliphatic rings. The smallest absolute Gasteiger partial charge is 0.304 e. The molecule has 1 rings (SSSR count). The van der Waals surface area contributed by atoms with Crippen LogP contribution in [0.4, 0.5) is 5.00 Å². The van der Waals surface area contributed by atoms with Crippen LogP contribution in [0.1, 0.15) is 29.3 Å². The zero-order chi connectivity index (χ0) is 15.3. The largest absolute Gasteiger partial charge is 0.481 e. The maximum absolute atomic E-state index is 11.8. The predicted molar refractivity (Wildman–Crippen MR) is 81.3 cm³/mol. The number of carbonyl (C=O) groups is 2. The van der Waals surface area contributed by atoms with Gasteiger partial charge in [0.15, 0.2) is 0 Å². The van der Waals surface area contributed by atoms with E-state index >= 15 is 0 Å². The second-order valence-corrected chi connectivity index (χ2v) is 7.02. The monoisotopic (exact) mass is 312 g/mol. The molecule has 20 heavy (non-hydrogen) atoms. The number of carbonyl (C=O) groups excluding carboxylic acids is 1. The molecular formula is C13H16N2O3S2. The van der Waals surface area contributed by atoms with Crippen LogP contribution in [-0.4, -0.2) is 28.0 Å². The lowest BCUT2D eigenvalue weighted by Gasteiger charge is -2.08. The van der Waals surface area contributed by atoms with Crippen molar-refractivity contribution in [1.82, 2.24) is 0 Å². The van der Waals surface area contributed by atoms with E-state index in [0.29, 0.717) is 10.6 Å². The number of hydrogen-bond donors (Lipinski definition) is 2. The SMILES string of the molecule is Cc1sc(NC(=O)CSC(C)CC(=O)O)c(C#N)c1C. The number of aryl methyl sites for hydroxylation is 1. The third-order valence-electron chi connectivity index (χ3n) is 2.71. The normalized spacial score (nSPS) is 11.7. The average Bonchev–Trinajstić information content (AvgIpc) is 2.61. The molecule has 0 fully saturated rings. The second-order valence-electron chi connectivity index (χ2n) is 4.37. The van der Waals surface area contributed by atoms with Crippen LogP contribution in [0.15, 0.2) is 0 Å². The number of anilines is 1. The van der Waals surface area contributed by atoms with Gasteiger partial charge < -0.3 is 10.4 Å². The van der Waals surface area contributed by atoms with Crippen molar-refractivity contribution < 1.29 is 14.7 Å². The summed E-state index contributed by atoms with van der Waals surface area (Å²) in [5, 5.41) is 20.9. The van der Waals surface area contributed by atoms with Crippen LogP contribution < -0.4 is 5.32 Å². The van der Waals surface area contributed by atoms with E-state index in [0.717, 1.165) is 10.4 Å². The Morgan fingerprint density at radius 1 is 1.50 bits per heavy atom. The summed E-state index contributed by atoms with van der Waals surface area (Å²) in [6, 6.07) is 2.09. The number of nitrogens with one attached hydrogen (secondary N) is 1. The Balaban J connectivity index is 2.57. The third-order valence-corrected chi connectivity index (χ3v) is 5.00. The van der Waals surface area contributed by atoms with E-state index in [1.165, 1.54) is 23.1 Å².